The number of methoxy groups -OCH3 is 1. The number of hydrogen-bond acceptors (Lipinski definition) is 5. The summed E-state index contributed by atoms with van der Waals surface area (Å²) in [5.74, 6) is -0.396. The zero-order chi connectivity index (χ0) is 14.4. The summed E-state index contributed by atoms with van der Waals surface area (Å²) in [7, 11) is 1.48. The van der Waals surface area contributed by atoms with Crippen LogP contribution in [0.1, 0.15) is 35.4 Å². The third kappa shape index (κ3) is 1.89. The van der Waals surface area contributed by atoms with Crippen LogP contribution in [0.3, 0.4) is 0 Å². The first-order valence-corrected chi connectivity index (χ1v) is 6.77. The molecule has 3 rings (SSSR count). The monoisotopic (exact) mass is 278 g/mol. The van der Waals surface area contributed by atoms with Gasteiger partial charge in [0.15, 0.2) is 5.78 Å². The predicted molar refractivity (Wildman–Crippen MR) is 71.0 cm³/mol. The molecule has 0 spiro atoms. The van der Waals surface area contributed by atoms with Crippen molar-refractivity contribution >= 4 is 5.78 Å². The van der Waals surface area contributed by atoms with E-state index in [9.17, 15) is 15.0 Å². The fourth-order valence-electron chi connectivity index (χ4n) is 3.28. The van der Waals surface area contributed by atoms with Crippen molar-refractivity contribution in [1.82, 2.24) is 0 Å². The highest BCUT2D eigenvalue weighted by Crippen LogP contribution is 2.46. The lowest BCUT2D eigenvalue weighted by Crippen LogP contribution is -2.43. The zero-order valence-corrected chi connectivity index (χ0v) is 11.5. The molecular formula is C15H18O5. The van der Waals surface area contributed by atoms with Crippen LogP contribution < -0.4 is 4.74 Å². The van der Waals surface area contributed by atoms with Crippen molar-refractivity contribution in [3.63, 3.8) is 0 Å². The summed E-state index contributed by atoms with van der Waals surface area (Å²) in [4.78, 5) is 12.5. The number of aliphatic hydroxyl groups is 1. The molecule has 0 unspecified atom stereocenters. The molecule has 5 nitrogen and oxygen atoms in total. The molecule has 1 aromatic rings. The highest BCUT2D eigenvalue weighted by atomic mass is 16.5. The zero-order valence-electron chi connectivity index (χ0n) is 11.5. The Hall–Kier alpha value is -1.59. The van der Waals surface area contributed by atoms with Crippen molar-refractivity contribution in [2.75, 3.05) is 13.7 Å². The van der Waals surface area contributed by atoms with Crippen molar-refractivity contribution < 1.29 is 24.5 Å². The van der Waals surface area contributed by atoms with Crippen molar-refractivity contribution in [1.29, 1.82) is 0 Å². The number of carbonyl (C=O) groups excluding carboxylic acids is 1. The van der Waals surface area contributed by atoms with E-state index in [0.29, 0.717) is 24.3 Å². The molecule has 1 fully saturated rings. The van der Waals surface area contributed by atoms with Gasteiger partial charge in [0.1, 0.15) is 11.5 Å². The van der Waals surface area contributed by atoms with Crippen molar-refractivity contribution in [2.24, 2.45) is 11.8 Å². The summed E-state index contributed by atoms with van der Waals surface area (Å²) in [5.41, 5.74) is 0.667. The Morgan fingerprint density at radius 1 is 1.40 bits per heavy atom. The molecule has 1 aromatic carbocycles. The Bertz CT molecular complexity index is 553. The Labute approximate surface area is 117 Å². The SMILES string of the molecule is COc1cc(O)c2c(c1)[C@@H](O)[C@@H]1C[C@H](C)OC[C@@H]1C2=O. The van der Waals surface area contributed by atoms with Crippen LogP contribution in [0.5, 0.6) is 11.5 Å². The van der Waals surface area contributed by atoms with Gasteiger partial charge in [0.2, 0.25) is 0 Å². The van der Waals surface area contributed by atoms with E-state index in [0.717, 1.165) is 0 Å². The van der Waals surface area contributed by atoms with Crippen LogP contribution in [0.15, 0.2) is 12.1 Å². The smallest absolute Gasteiger partial charge is 0.172 e. The van der Waals surface area contributed by atoms with Crippen LogP contribution in [0.2, 0.25) is 0 Å². The minimum atomic E-state index is -0.778. The number of benzene rings is 1. The predicted octanol–water partition coefficient (Wildman–Crippen LogP) is 1.67. The van der Waals surface area contributed by atoms with E-state index in [1.165, 1.54) is 13.2 Å². The highest BCUT2D eigenvalue weighted by molar-refractivity contribution is 6.03. The second-order valence-corrected chi connectivity index (χ2v) is 5.57. The summed E-state index contributed by atoms with van der Waals surface area (Å²) >= 11 is 0. The number of aromatic hydroxyl groups is 1. The van der Waals surface area contributed by atoms with Crippen LogP contribution >= 0.6 is 0 Å². The summed E-state index contributed by atoms with van der Waals surface area (Å²) in [6.45, 7) is 2.23. The second kappa shape index (κ2) is 4.75. The molecule has 2 N–H and O–H groups in total. The minimum absolute atomic E-state index is 0.0273. The first kappa shape index (κ1) is 13.4. The standard InChI is InChI=1S/C15H18O5/c1-7-3-9-11(6-20-7)15(18)13-10(14(9)17)4-8(19-2)5-12(13)16/h4-5,7,9,11,14,16-17H,3,6H2,1-2H3/t7-,9+,11-,14-/m0/s1. The Morgan fingerprint density at radius 3 is 2.85 bits per heavy atom. The second-order valence-electron chi connectivity index (χ2n) is 5.57. The molecule has 20 heavy (non-hydrogen) atoms. The average Bonchev–Trinajstić information content (AvgIpc) is 2.43. The van der Waals surface area contributed by atoms with Gasteiger partial charge in [-0.1, -0.05) is 0 Å². The number of ketones is 1. The number of fused-ring (bicyclic) bond motifs is 2. The fourth-order valence-corrected chi connectivity index (χ4v) is 3.28. The number of carbonyl (C=O) groups is 1. The summed E-state index contributed by atoms with van der Waals surface area (Å²) in [6.07, 6.45) is -0.117. The van der Waals surface area contributed by atoms with Gasteiger partial charge >= 0.3 is 0 Å². The van der Waals surface area contributed by atoms with E-state index in [2.05, 4.69) is 0 Å². The molecule has 0 saturated carbocycles. The summed E-state index contributed by atoms with van der Waals surface area (Å²) in [6, 6.07) is 3.03. The third-order valence-corrected chi connectivity index (χ3v) is 4.35. The van der Waals surface area contributed by atoms with Gasteiger partial charge < -0.3 is 19.7 Å². The molecule has 2 aliphatic rings. The molecule has 1 aliphatic heterocycles. The van der Waals surface area contributed by atoms with Crippen LogP contribution in [0, 0.1) is 11.8 Å². The largest absolute Gasteiger partial charge is 0.507 e. The molecule has 1 saturated heterocycles. The minimum Gasteiger partial charge on any atom is -0.507 e. The molecular weight excluding hydrogens is 260 g/mol. The number of phenols is 1. The summed E-state index contributed by atoms with van der Waals surface area (Å²) < 4.78 is 10.6. The third-order valence-electron chi connectivity index (χ3n) is 4.35. The summed E-state index contributed by atoms with van der Waals surface area (Å²) in [5, 5.41) is 20.6. The number of aliphatic hydroxyl groups excluding tert-OH is 1. The highest BCUT2D eigenvalue weighted by Gasteiger charge is 2.45. The Balaban J connectivity index is 2.11. The lowest BCUT2D eigenvalue weighted by atomic mass is 9.70. The molecule has 0 amide bonds. The van der Waals surface area contributed by atoms with Gasteiger partial charge in [0, 0.05) is 12.0 Å². The molecule has 108 valence electrons. The van der Waals surface area contributed by atoms with Crippen molar-refractivity contribution in [3.8, 4) is 11.5 Å². The lowest BCUT2D eigenvalue weighted by Gasteiger charge is -2.41. The Morgan fingerprint density at radius 2 is 2.15 bits per heavy atom. The molecule has 0 bridgehead atoms. The average molecular weight is 278 g/mol. The van der Waals surface area contributed by atoms with Gasteiger partial charge in [-0.05, 0) is 25.0 Å². The maximum absolute atomic E-state index is 12.5. The molecule has 1 heterocycles. The molecule has 4 atom stereocenters. The van der Waals surface area contributed by atoms with Crippen LogP contribution in [0.25, 0.3) is 0 Å². The van der Waals surface area contributed by atoms with E-state index in [4.69, 9.17) is 9.47 Å². The van der Waals surface area contributed by atoms with Gasteiger partial charge in [-0.3, -0.25) is 4.79 Å². The van der Waals surface area contributed by atoms with E-state index in [1.54, 1.807) is 6.07 Å². The number of phenolic OH excluding ortho intramolecular Hbond substituents is 1. The van der Waals surface area contributed by atoms with Gasteiger partial charge in [-0.2, -0.15) is 0 Å². The Kier molecular flexibility index (Phi) is 3.18. The molecule has 5 heteroatoms. The van der Waals surface area contributed by atoms with Crippen LogP contribution in [-0.2, 0) is 4.74 Å². The molecule has 0 aromatic heterocycles. The topological polar surface area (TPSA) is 76.0 Å². The first-order chi connectivity index (χ1) is 9.52. The van der Waals surface area contributed by atoms with Gasteiger partial charge in [-0.25, -0.2) is 0 Å². The van der Waals surface area contributed by atoms with E-state index in [-0.39, 0.29) is 35.0 Å². The van der Waals surface area contributed by atoms with E-state index in [1.807, 2.05) is 6.92 Å². The van der Waals surface area contributed by atoms with Gasteiger partial charge in [0.05, 0.1) is 37.4 Å². The van der Waals surface area contributed by atoms with Crippen molar-refractivity contribution in [3.05, 3.63) is 23.3 Å². The molecule has 0 radical (unpaired) electrons. The number of rotatable bonds is 1. The number of hydrogen-bond donors (Lipinski definition) is 2. The maximum Gasteiger partial charge on any atom is 0.172 e. The normalized spacial score (nSPS) is 32.5. The molecule has 1 aliphatic carbocycles. The van der Waals surface area contributed by atoms with E-state index >= 15 is 0 Å². The quantitative estimate of drug-likeness (QED) is 0.817. The van der Waals surface area contributed by atoms with Crippen molar-refractivity contribution in [2.45, 2.75) is 25.6 Å². The van der Waals surface area contributed by atoms with Gasteiger partial charge in [0.25, 0.3) is 0 Å². The number of ether oxygens (including phenoxy) is 2. The van der Waals surface area contributed by atoms with Crippen LogP contribution in [-0.4, -0.2) is 35.8 Å². The van der Waals surface area contributed by atoms with Crippen LogP contribution in [0.4, 0.5) is 0 Å². The fraction of sp³-hybridized carbons (Fsp3) is 0.533. The number of Topliss-reactive ketones (excluding diaryl/α,β-unsaturated/α-hetero) is 1. The van der Waals surface area contributed by atoms with E-state index < -0.39 is 6.10 Å². The van der Waals surface area contributed by atoms with Gasteiger partial charge in [-0.15, -0.1) is 0 Å². The first-order valence-electron chi connectivity index (χ1n) is 6.77. The maximum atomic E-state index is 12.5. The lowest BCUT2D eigenvalue weighted by molar-refractivity contribution is -0.0688.